The maximum atomic E-state index is 12.8. The molecule has 2 aromatic heterocycles. The lowest BCUT2D eigenvalue weighted by molar-refractivity contribution is -0.137. The number of alkyl halides is 3. The zero-order valence-electron chi connectivity index (χ0n) is 13.8. The average molecular weight is 358 g/mol. The first-order valence-corrected chi connectivity index (χ1v) is 7.51. The Morgan fingerprint density at radius 2 is 1.88 bits per heavy atom. The minimum atomic E-state index is -4.45. The fraction of sp³-hybridized carbons (Fsp3) is 0.176. The van der Waals surface area contributed by atoms with E-state index in [-0.39, 0.29) is 17.5 Å². The van der Waals surface area contributed by atoms with E-state index in [9.17, 15) is 13.2 Å². The molecule has 2 heterocycles. The number of benzene rings is 1. The van der Waals surface area contributed by atoms with Gasteiger partial charge in [-0.3, -0.25) is 0 Å². The van der Waals surface area contributed by atoms with E-state index in [1.165, 1.54) is 18.2 Å². The normalized spacial score (nSPS) is 11.2. The molecule has 1 aromatic carbocycles. The Kier molecular flexibility index (Phi) is 4.34. The molecule has 132 valence electrons. The van der Waals surface area contributed by atoms with Crippen LogP contribution >= 0.6 is 0 Å². The van der Waals surface area contributed by atoms with E-state index in [1.54, 1.807) is 4.68 Å². The van der Waals surface area contributed by atoms with Gasteiger partial charge in [-0.1, -0.05) is 17.6 Å². The highest BCUT2D eigenvalue weighted by atomic mass is 19.4. The van der Waals surface area contributed by atoms with E-state index in [2.05, 4.69) is 25.2 Å². The van der Waals surface area contributed by atoms with Crippen LogP contribution < -0.4 is 5.32 Å². The van der Waals surface area contributed by atoms with Crippen molar-refractivity contribution in [2.45, 2.75) is 20.0 Å². The van der Waals surface area contributed by atoms with Gasteiger partial charge in [0.2, 0.25) is 0 Å². The summed E-state index contributed by atoms with van der Waals surface area (Å²) in [6, 6.07) is 7.99. The van der Waals surface area contributed by atoms with Crippen molar-refractivity contribution in [1.29, 1.82) is 0 Å². The monoisotopic (exact) mass is 358 g/mol. The summed E-state index contributed by atoms with van der Waals surface area (Å²) in [5.41, 5.74) is 0.962. The Morgan fingerprint density at radius 3 is 2.50 bits per heavy atom. The number of aromatic nitrogens is 4. The molecule has 0 atom stereocenters. The first kappa shape index (κ1) is 17.4. The Morgan fingerprint density at radius 1 is 1.12 bits per heavy atom. The summed E-state index contributed by atoms with van der Waals surface area (Å²) in [6.07, 6.45) is -4.45. The van der Waals surface area contributed by atoms with Gasteiger partial charge >= 0.3 is 12.1 Å². The topological polar surface area (TPSA) is 60.0 Å². The third-order valence-electron chi connectivity index (χ3n) is 3.49. The van der Waals surface area contributed by atoms with Crippen LogP contribution in [0.5, 0.6) is 0 Å². The minimum absolute atomic E-state index is 0.0142. The molecule has 9 heteroatoms. The molecular weight excluding hydrogens is 345 g/mol. The highest BCUT2D eigenvalue weighted by Gasteiger charge is 2.30. The van der Waals surface area contributed by atoms with Gasteiger partial charge in [0.05, 0.1) is 11.3 Å². The number of aryl methyl sites for hydroxylation is 2. The molecular formula is C17H13F3N6. The summed E-state index contributed by atoms with van der Waals surface area (Å²) in [5, 5.41) is 7.02. The van der Waals surface area contributed by atoms with Crippen molar-refractivity contribution in [3.63, 3.8) is 0 Å². The first-order valence-electron chi connectivity index (χ1n) is 7.51. The van der Waals surface area contributed by atoms with Crippen LogP contribution in [0.3, 0.4) is 0 Å². The number of nitrogens with zero attached hydrogens (tertiary/aromatic N) is 5. The molecule has 3 aromatic rings. The highest BCUT2D eigenvalue weighted by Crippen LogP contribution is 2.31. The van der Waals surface area contributed by atoms with Gasteiger partial charge in [-0.15, -0.1) is 0 Å². The molecule has 1 N–H and O–H groups in total. The molecule has 0 amide bonds. The van der Waals surface area contributed by atoms with Crippen LogP contribution in [0.25, 0.3) is 10.7 Å². The molecule has 0 aliphatic heterocycles. The maximum Gasteiger partial charge on any atom is 0.416 e. The largest absolute Gasteiger partial charge is 0.416 e. The number of hydrogen-bond donors (Lipinski definition) is 1. The second-order valence-electron chi connectivity index (χ2n) is 5.56. The predicted molar refractivity (Wildman–Crippen MR) is 89.6 cm³/mol. The molecule has 0 saturated carbocycles. The lowest BCUT2D eigenvalue weighted by Crippen LogP contribution is -2.07. The second kappa shape index (κ2) is 6.48. The van der Waals surface area contributed by atoms with Crippen LogP contribution in [0, 0.1) is 20.4 Å². The molecule has 3 rings (SSSR count). The molecule has 0 unspecified atom stereocenters. The van der Waals surface area contributed by atoms with E-state index in [4.69, 9.17) is 6.57 Å². The zero-order valence-corrected chi connectivity index (χ0v) is 13.8. The van der Waals surface area contributed by atoms with Crippen molar-refractivity contribution in [1.82, 2.24) is 19.7 Å². The Bertz CT molecular complexity index is 1000. The van der Waals surface area contributed by atoms with Gasteiger partial charge < -0.3 is 10.2 Å². The smallest absolute Gasteiger partial charge is 0.360 e. The lowest BCUT2D eigenvalue weighted by Gasteiger charge is -2.10. The molecule has 26 heavy (non-hydrogen) atoms. The van der Waals surface area contributed by atoms with Crippen molar-refractivity contribution < 1.29 is 13.2 Å². The number of nitrogens with one attached hydrogen (secondary N) is 1. The van der Waals surface area contributed by atoms with Gasteiger partial charge in [-0.2, -0.15) is 23.3 Å². The van der Waals surface area contributed by atoms with Crippen LogP contribution in [-0.4, -0.2) is 19.7 Å². The summed E-state index contributed by atoms with van der Waals surface area (Å²) in [7, 11) is 0. The van der Waals surface area contributed by atoms with Crippen molar-refractivity contribution in [3.8, 4) is 5.82 Å². The van der Waals surface area contributed by atoms with Crippen molar-refractivity contribution in [3.05, 3.63) is 64.8 Å². The number of rotatable bonds is 3. The van der Waals surface area contributed by atoms with Gasteiger partial charge in [0, 0.05) is 17.4 Å². The van der Waals surface area contributed by atoms with E-state index < -0.39 is 11.7 Å². The SMILES string of the molecule is [C-]#[N+]c1cc(-n2nc(C)cc2C)nc(Nc2cccc(C(F)(F)F)c2)n1. The quantitative estimate of drug-likeness (QED) is 0.696. The molecule has 0 aliphatic carbocycles. The van der Waals surface area contributed by atoms with Crippen molar-refractivity contribution >= 4 is 17.5 Å². The Hall–Kier alpha value is -3.41. The third-order valence-corrected chi connectivity index (χ3v) is 3.49. The maximum absolute atomic E-state index is 12.8. The molecule has 0 saturated heterocycles. The molecule has 0 aliphatic rings. The molecule has 0 spiro atoms. The van der Waals surface area contributed by atoms with E-state index in [1.807, 2.05) is 19.9 Å². The highest BCUT2D eigenvalue weighted by molar-refractivity contribution is 5.58. The van der Waals surface area contributed by atoms with Gasteiger partial charge in [-0.25, -0.2) is 4.68 Å². The van der Waals surface area contributed by atoms with Crippen molar-refractivity contribution in [2.24, 2.45) is 0 Å². The fourth-order valence-electron chi connectivity index (χ4n) is 2.41. The van der Waals surface area contributed by atoms with E-state index in [0.29, 0.717) is 5.82 Å². The van der Waals surface area contributed by atoms with Crippen LogP contribution in [0.4, 0.5) is 30.6 Å². The Balaban J connectivity index is 2.00. The van der Waals surface area contributed by atoms with E-state index >= 15 is 0 Å². The van der Waals surface area contributed by atoms with Gasteiger partial charge in [0.15, 0.2) is 5.82 Å². The Labute approximate surface area is 147 Å². The third kappa shape index (κ3) is 3.64. The number of hydrogen-bond acceptors (Lipinski definition) is 4. The molecule has 6 nitrogen and oxygen atoms in total. The number of halogens is 3. The zero-order chi connectivity index (χ0) is 18.9. The summed E-state index contributed by atoms with van der Waals surface area (Å²) in [4.78, 5) is 11.6. The van der Waals surface area contributed by atoms with Crippen LogP contribution in [-0.2, 0) is 6.18 Å². The van der Waals surface area contributed by atoms with Crippen LogP contribution in [0.2, 0.25) is 0 Å². The predicted octanol–water partition coefficient (Wildman–Crippen LogP) is 4.59. The molecule has 0 radical (unpaired) electrons. The number of anilines is 2. The van der Waals surface area contributed by atoms with Gasteiger partial charge in [0.25, 0.3) is 5.82 Å². The van der Waals surface area contributed by atoms with Crippen molar-refractivity contribution in [2.75, 3.05) is 5.32 Å². The summed E-state index contributed by atoms with van der Waals surface area (Å²) in [6.45, 7) is 10.8. The van der Waals surface area contributed by atoms with Crippen LogP contribution in [0.1, 0.15) is 17.0 Å². The average Bonchev–Trinajstić information content (AvgIpc) is 2.92. The van der Waals surface area contributed by atoms with Gasteiger partial charge in [0.1, 0.15) is 0 Å². The summed E-state index contributed by atoms with van der Waals surface area (Å²) >= 11 is 0. The summed E-state index contributed by atoms with van der Waals surface area (Å²) < 4.78 is 40.1. The molecule has 0 fully saturated rings. The molecule has 0 bridgehead atoms. The lowest BCUT2D eigenvalue weighted by atomic mass is 10.2. The standard InChI is InChI=1S/C17H13F3N6/c1-10-7-11(2)26(25-10)15-9-14(21-3)23-16(24-15)22-13-6-4-5-12(8-13)17(18,19)20/h4-9H,1-2H3,(H,22,23,24). The summed E-state index contributed by atoms with van der Waals surface area (Å²) in [5.74, 6) is 0.420. The minimum Gasteiger partial charge on any atom is -0.360 e. The van der Waals surface area contributed by atoms with Crippen LogP contribution in [0.15, 0.2) is 36.4 Å². The van der Waals surface area contributed by atoms with Gasteiger partial charge in [-0.05, 0) is 38.1 Å². The van der Waals surface area contributed by atoms with E-state index in [0.717, 1.165) is 23.5 Å². The fourth-order valence-corrected chi connectivity index (χ4v) is 2.41. The second-order valence-corrected chi connectivity index (χ2v) is 5.56. The first-order chi connectivity index (χ1) is 12.3.